The number of thioether (sulfide) groups is 1. The molecule has 0 aliphatic carbocycles. The fourth-order valence-corrected chi connectivity index (χ4v) is 3.65. The molecule has 0 amide bonds. The highest BCUT2D eigenvalue weighted by Crippen LogP contribution is 2.18. The van der Waals surface area contributed by atoms with Crippen LogP contribution in [-0.2, 0) is 10.5 Å². The average Bonchev–Trinajstić information content (AvgIpc) is 2.64. The zero-order chi connectivity index (χ0) is 19.6. The van der Waals surface area contributed by atoms with E-state index in [1.165, 1.54) is 11.1 Å². The maximum Gasteiger partial charge on any atom is 0.338 e. The first kappa shape index (κ1) is 21.3. The second kappa shape index (κ2) is 10.9. The molecule has 0 radical (unpaired) electrons. The van der Waals surface area contributed by atoms with Crippen LogP contribution in [0.2, 0.25) is 0 Å². The number of thiocarbonyl (C=S) groups is 1. The van der Waals surface area contributed by atoms with Gasteiger partial charge in [0.25, 0.3) is 0 Å². The second-order valence-corrected chi connectivity index (χ2v) is 7.62. The van der Waals surface area contributed by atoms with Gasteiger partial charge in [0.1, 0.15) is 0 Å². The fraction of sp³-hybridized carbons (Fsp3) is 0.333. The van der Waals surface area contributed by atoms with E-state index >= 15 is 0 Å². The molecule has 0 saturated carbocycles. The molecule has 2 rings (SSSR count). The van der Waals surface area contributed by atoms with E-state index in [9.17, 15) is 4.79 Å². The van der Waals surface area contributed by atoms with Gasteiger partial charge in [-0.05, 0) is 67.9 Å². The van der Waals surface area contributed by atoms with E-state index in [4.69, 9.17) is 17.0 Å². The van der Waals surface area contributed by atoms with Gasteiger partial charge in [-0.25, -0.2) is 4.79 Å². The van der Waals surface area contributed by atoms with E-state index < -0.39 is 0 Å². The largest absolute Gasteiger partial charge is 0.462 e. The Morgan fingerprint density at radius 1 is 1.15 bits per heavy atom. The third kappa shape index (κ3) is 6.88. The second-order valence-electron chi connectivity index (χ2n) is 6.11. The molecular formula is C21H26N2O2S2. The molecule has 2 aromatic carbocycles. The van der Waals surface area contributed by atoms with E-state index in [1.54, 1.807) is 19.1 Å². The molecule has 0 aliphatic heterocycles. The molecule has 0 saturated heterocycles. The number of nitrogens with one attached hydrogen (secondary N) is 2. The Morgan fingerprint density at radius 2 is 1.93 bits per heavy atom. The molecule has 0 heterocycles. The van der Waals surface area contributed by atoms with Crippen LogP contribution in [0.5, 0.6) is 0 Å². The van der Waals surface area contributed by atoms with Crippen molar-refractivity contribution < 1.29 is 9.53 Å². The predicted molar refractivity (Wildman–Crippen MR) is 119 cm³/mol. The molecule has 27 heavy (non-hydrogen) atoms. The van der Waals surface area contributed by atoms with Gasteiger partial charge in [0, 0.05) is 23.7 Å². The summed E-state index contributed by atoms with van der Waals surface area (Å²) >= 11 is 7.24. The van der Waals surface area contributed by atoms with Crippen LogP contribution in [-0.4, -0.2) is 30.0 Å². The van der Waals surface area contributed by atoms with Crippen molar-refractivity contribution in [1.29, 1.82) is 0 Å². The lowest BCUT2D eigenvalue weighted by Gasteiger charge is -2.13. The third-order valence-corrected chi connectivity index (χ3v) is 5.29. The van der Waals surface area contributed by atoms with Crippen molar-refractivity contribution in [3.8, 4) is 0 Å². The molecule has 2 aromatic rings. The molecule has 0 aromatic heterocycles. The standard InChI is InChI=1S/C21H26N2O2S2/c1-4-25-20(24)17-9-10-19(16(3)13-17)23-21(26)22-11-12-27-14-18-8-6-5-7-15(18)2/h5-10,13H,4,11-12,14H2,1-3H3,(H2,22,23,26). The summed E-state index contributed by atoms with van der Waals surface area (Å²) in [5.74, 6) is 1.67. The average molecular weight is 403 g/mol. The lowest BCUT2D eigenvalue weighted by atomic mass is 10.1. The quantitative estimate of drug-likeness (QED) is 0.379. The summed E-state index contributed by atoms with van der Waals surface area (Å²) in [6.07, 6.45) is 0. The summed E-state index contributed by atoms with van der Waals surface area (Å²) < 4.78 is 5.02. The van der Waals surface area contributed by atoms with Crippen LogP contribution in [0.1, 0.15) is 34.0 Å². The Hall–Kier alpha value is -2.05. The number of ether oxygens (including phenoxy) is 1. The first-order valence-electron chi connectivity index (χ1n) is 8.96. The van der Waals surface area contributed by atoms with E-state index in [1.807, 2.05) is 24.8 Å². The van der Waals surface area contributed by atoms with Crippen LogP contribution in [0.4, 0.5) is 5.69 Å². The van der Waals surface area contributed by atoms with E-state index in [0.717, 1.165) is 29.3 Å². The minimum Gasteiger partial charge on any atom is -0.462 e. The molecule has 0 spiro atoms. The van der Waals surface area contributed by atoms with Crippen LogP contribution in [0.3, 0.4) is 0 Å². The molecule has 0 fully saturated rings. The minimum absolute atomic E-state index is 0.307. The number of carbonyl (C=O) groups excluding carboxylic acids is 1. The Kier molecular flexibility index (Phi) is 8.61. The molecule has 4 nitrogen and oxygen atoms in total. The molecule has 0 aliphatic rings. The highest BCUT2D eigenvalue weighted by molar-refractivity contribution is 7.98. The topological polar surface area (TPSA) is 50.4 Å². The van der Waals surface area contributed by atoms with Gasteiger partial charge >= 0.3 is 5.97 Å². The zero-order valence-corrected chi connectivity index (χ0v) is 17.6. The van der Waals surface area contributed by atoms with Gasteiger partial charge in [0.05, 0.1) is 12.2 Å². The molecule has 0 unspecified atom stereocenters. The van der Waals surface area contributed by atoms with E-state index in [0.29, 0.717) is 17.3 Å². The molecule has 6 heteroatoms. The lowest BCUT2D eigenvalue weighted by Crippen LogP contribution is -2.30. The molecule has 144 valence electrons. The summed E-state index contributed by atoms with van der Waals surface area (Å²) in [5.41, 5.74) is 5.08. The Labute approximate surface area is 171 Å². The maximum atomic E-state index is 11.8. The summed E-state index contributed by atoms with van der Waals surface area (Å²) in [6.45, 7) is 7.04. The van der Waals surface area contributed by atoms with Gasteiger partial charge in [0.2, 0.25) is 0 Å². The van der Waals surface area contributed by atoms with E-state index in [2.05, 4.69) is 41.8 Å². The van der Waals surface area contributed by atoms with Crippen molar-refractivity contribution in [3.05, 3.63) is 64.7 Å². The number of anilines is 1. The van der Waals surface area contributed by atoms with Gasteiger partial charge in [-0.1, -0.05) is 24.3 Å². The summed E-state index contributed by atoms with van der Waals surface area (Å²) in [4.78, 5) is 11.8. The third-order valence-electron chi connectivity index (χ3n) is 4.04. The number of hydrogen-bond acceptors (Lipinski definition) is 4. The summed E-state index contributed by atoms with van der Waals surface area (Å²) in [5, 5.41) is 6.99. The fourth-order valence-electron chi connectivity index (χ4n) is 2.50. The first-order chi connectivity index (χ1) is 13.0. The molecular weight excluding hydrogens is 376 g/mol. The number of rotatable bonds is 8. The molecule has 0 bridgehead atoms. The SMILES string of the molecule is CCOC(=O)c1ccc(NC(=S)NCCSCc2ccccc2C)c(C)c1. The van der Waals surface area contributed by atoms with Crippen LogP contribution in [0.15, 0.2) is 42.5 Å². The Bertz CT molecular complexity index is 794. The highest BCUT2D eigenvalue weighted by Gasteiger charge is 2.09. The van der Waals surface area contributed by atoms with Crippen molar-refractivity contribution in [2.24, 2.45) is 0 Å². The number of hydrogen-bond donors (Lipinski definition) is 2. The van der Waals surface area contributed by atoms with Crippen LogP contribution >= 0.6 is 24.0 Å². The van der Waals surface area contributed by atoms with Gasteiger partial charge < -0.3 is 15.4 Å². The van der Waals surface area contributed by atoms with Gasteiger partial charge in [-0.3, -0.25) is 0 Å². The van der Waals surface area contributed by atoms with Crippen molar-refractivity contribution >= 4 is 40.7 Å². The van der Waals surface area contributed by atoms with Crippen molar-refractivity contribution in [1.82, 2.24) is 5.32 Å². The lowest BCUT2D eigenvalue weighted by molar-refractivity contribution is 0.0526. The first-order valence-corrected chi connectivity index (χ1v) is 10.5. The number of esters is 1. The van der Waals surface area contributed by atoms with Gasteiger partial charge in [-0.2, -0.15) is 11.8 Å². The normalized spacial score (nSPS) is 10.3. The number of aryl methyl sites for hydroxylation is 2. The predicted octanol–water partition coefficient (Wildman–Crippen LogP) is 4.70. The smallest absolute Gasteiger partial charge is 0.338 e. The summed E-state index contributed by atoms with van der Waals surface area (Å²) in [7, 11) is 0. The monoisotopic (exact) mass is 402 g/mol. The Balaban J connectivity index is 1.74. The van der Waals surface area contributed by atoms with Crippen molar-refractivity contribution in [2.45, 2.75) is 26.5 Å². The number of benzene rings is 2. The van der Waals surface area contributed by atoms with Crippen molar-refractivity contribution in [2.75, 3.05) is 24.2 Å². The van der Waals surface area contributed by atoms with Crippen LogP contribution < -0.4 is 10.6 Å². The highest BCUT2D eigenvalue weighted by atomic mass is 32.2. The van der Waals surface area contributed by atoms with Crippen LogP contribution in [0, 0.1) is 13.8 Å². The minimum atomic E-state index is -0.307. The summed E-state index contributed by atoms with van der Waals surface area (Å²) in [6, 6.07) is 13.9. The van der Waals surface area contributed by atoms with E-state index in [-0.39, 0.29) is 5.97 Å². The number of carbonyl (C=O) groups is 1. The van der Waals surface area contributed by atoms with Crippen molar-refractivity contribution in [3.63, 3.8) is 0 Å². The van der Waals surface area contributed by atoms with Gasteiger partial charge in [0.15, 0.2) is 5.11 Å². The maximum absolute atomic E-state index is 11.8. The molecule has 0 atom stereocenters. The zero-order valence-electron chi connectivity index (χ0n) is 16.0. The van der Waals surface area contributed by atoms with Crippen LogP contribution in [0.25, 0.3) is 0 Å². The molecule has 2 N–H and O–H groups in total. The Morgan fingerprint density at radius 3 is 2.63 bits per heavy atom. The van der Waals surface area contributed by atoms with Gasteiger partial charge in [-0.15, -0.1) is 0 Å².